The van der Waals surface area contributed by atoms with Crippen LogP contribution in [0.3, 0.4) is 0 Å². The molecule has 1 aromatic carbocycles. The molecule has 3 heterocycles. The zero-order valence-electron chi connectivity index (χ0n) is 12.8. The van der Waals surface area contributed by atoms with E-state index >= 15 is 0 Å². The van der Waals surface area contributed by atoms with E-state index in [9.17, 15) is 0 Å². The SMILES string of the molecule is Nc1c(Nc2ccc(Br)cn2)ncnc1N1CCc2ccccc21. The molecule has 0 bridgehead atoms. The number of pyridine rings is 1. The highest BCUT2D eigenvalue weighted by Gasteiger charge is 2.23. The van der Waals surface area contributed by atoms with Gasteiger partial charge >= 0.3 is 0 Å². The first-order valence-electron chi connectivity index (χ1n) is 7.57. The predicted octanol–water partition coefficient (Wildman–Crippen LogP) is 3.65. The summed E-state index contributed by atoms with van der Waals surface area (Å²) in [4.78, 5) is 15.1. The molecule has 0 amide bonds. The van der Waals surface area contributed by atoms with Crippen LogP contribution in [0.5, 0.6) is 0 Å². The van der Waals surface area contributed by atoms with E-state index in [1.165, 1.54) is 11.9 Å². The number of benzene rings is 1. The minimum absolute atomic E-state index is 0.513. The maximum absolute atomic E-state index is 6.33. The second-order valence-corrected chi connectivity index (χ2v) is 6.39. The first-order chi connectivity index (χ1) is 11.7. The Labute approximate surface area is 147 Å². The number of fused-ring (bicyclic) bond motifs is 1. The number of nitrogen functional groups attached to an aromatic ring is 1. The standard InChI is InChI=1S/C17H15BrN6/c18-12-5-6-14(20-9-12)23-16-15(19)17(22-10-21-16)24-8-7-11-3-1-2-4-13(11)24/h1-6,9-10H,7-8,19H2,(H,20,21,22,23). The van der Waals surface area contributed by atoms with Gasteiger partial charge in [-0.2, -0.15) is 0 Å². The number of nitrogens with one attached hydrogen (secondary N) is 1. The minimum atomic E-state index is 0.513. The van der Waals surface area contributed by atoms with E-state index in [2.05, 4.69) is 59.3 Å². The van der Waals surface area contributed by atoms with Gasteiger partial charge in [-0.25, -0.2) is 15.0 Å². The predicted molar refractivity (Wildman–Crippen MR) is 98.8 cm³/mol. The fourth-order valence-corrected chi connectivity index (χ4v) is 3.06. The molecule has 0 unspecified atom stereocenters. The van der Waals surface area contributed by atoms with E-state index in [0.717, 1.165) is 28.9 Å². The Morgan fingerprint density at radius 1 is 1.08 bits per heavy atom. The number of nitrogens with two attached hydrogens (primary N) is 1. The average molecular weight is 383 g/mol. The Morgan fingerprint density at radius 2 is 1.96 bits per heavy atom. The van der Waals surface area contributed by atoms with Crippen LogP contribution in [-0.2, 0) is 6.42 Å². The summed E-state index contributed by atoms with van der Waals surface area (Å²) >= 11 is 3.37. The van der Waals surface area contributed by atoms with Gasteiger partial charge < -0.3 is 16.0 Å². The lowest BCUT2D eigenvalue weighted by molar-refractivity contribution is 0.967. The third kappa shape index (κ3) is 2.67. The first-order valence-corrected chi connectivity index (χ1v) is 8.36. The van der Waals surface area contributed by atoms with Crippen molar-refractivity contribution in [3.05, 3.63) is 59.0 Å². The molecule has 7 heteroatoms. The Kier molecular flexibility index (Phi) is 3.78. The molecule has 24 heavy (non-hydrogen) atoms. The summed E-state index contributed by atoms with van der Waals surface area (Å²) in [6.45, 7) is 0.858. The van der Waals surface area contributed by atoms with Crippen LogP contribution in [0, 0.1) is 0 Å². The van der Waals surface area contributed by atoms with Crippen LogP contribution in [0.2, 0.25) is 0 Å². The molecule has 3 N–H and O–H groups in total. The Hall–Kier alpha value is -2.67. The Balaban J connectivity index is 1.68. The van der Waals surface area contributed by atoms with Crippen molar-refractivity contribution in [2.24, 2.45) is 0 Å². The van der Waals surface area contributed by atoms with Crippen LogP contribution in [0.4, 0.5) is 28.8 Å². The molecule has 1 aliphatic heterocycles. The summed E-state index contributed by atoms with van der Waals surface area (Å²) < 4.78 is 0.915. The monoisotopic (exact) mass is 382 g/mol. The highest BCUT2D eigenvalue weighted by Crippen LogP contribution is 2.37. The van der Waals surface area contributed by atoms with Gasteiger partial charge in [-0.1, -0.05) is 18.2 Å². The fraction of sp³-hybridized carbons (Fsp3) is 0.118. The Bertz CT molecular complexity index is 881. The molecule has 4 rings (SSSR count). The van der Waals surface area contributed by atoms with Crippen molar-refractivity contribution < 1.29 is 0 Å². The van der Waals surface area contributed by atoms with Gasteiger partial charge in [0.2, 0.25) is 0 Å². The summed E-state index contributed by atoms with van der Waals surface area (Å²) in [6.07, 6.45) is 4.22. The quantitative estimate of drug-likeness (QED) is 0.719. The van der Waals surface area contributed by atoms with Crippen molar-refractivity contribution in [2.45, 2.75) is 6.42 Å². The zero-order chi connectivity index (χ0) is 16.5. The molecule has 0 fully saturated rings. The minimum Gasteiger partial charge on any atom is -0.393 e. The summed E-state index contributed by atoms with van der Waals surface area (Å²) in [5.74, 6) is 1.95. The van der Waals surface area contributed by atoms with E-state index in [1.807, 2.05) is 18.2 Å². The number of rotatable bonds is 3. The number of aromatic nitrogens is 3. The summed E-state index contributed by atoms with van der Waals surface area (Å²) in [6, 6.07) is 12.1. The average Bonchev–Trinajstić information content (AvgIpc) is 3.03. The number of nitrogens with zero attached hydrogens (tertiary/aromatic N) is 4. The molecule has 6 nitrogen and oxygen atoms in total. The van der Waals surface area contributed by atoms with Gasteiger partial charge in [0.15, 0.2) is 11.6 Å². The topological polar surface area (TPSA) is 80.0 Å². The molecule has 2 aromatic heterocycles. The summed E-state index contributed by atoms with van der Waals surface area (Å²) in [5, 5.41) is 3.15. The van der Waals surface area contributed by atoms with Gasteiger partial charge in [-0.3, -0.25) is 0 Å². The van der Waals surface area contributed by atoms with Crippen molar-refractivity contribution >= 4 is 44.8 Å². The third-order valence-corrected chi connectivity index (χ3v) is 4.45. The van der Waals surface area contributed by atoms with Crippen molar-refractivity contribution in [1.82, 2.24) is 15.0 Å². The van der Waals surface area contributed by atoms with E-state index in [-0.39, 0.29) is 0 Å². The Morgan fingerprint density at radius 3 is 2.79 bits per heavy atom. The summed E-state index contributed by atoms with van der Waals surface area (Å²) in [5.41, 5.74) is 9.30. The van der Waals surface area contributed by atoms with Crippen LogP contribution >= 0.6 is 15.9 Å². The molecule has 0 spiro atoms. The molecule has 3 aromatic rings. The van der Waals surface area contributed by atoms with Gasteiger partial charge in [-0.05, 0) is 46.1 Å². The molecule has 120 valence electrons. The lowest BCUT2D eigenvalue weighted by atomic mass is 10.2. The molecule has 0 radical (unpaired) electrons. The van der Waals surface area contributed by atoms with Crippen molar-refractivity contribution in [3.8, 4) is 0 Å². The van der Waals surface area contributed by atoms with Crippen LogP contribution in [0.1, 0.15) is 5.56 Å². The van der Waals surface area contributed by atoms with Gasteiger partial charge in [0, 0.05) is 22.9 Å². The number of hydrogen-bond donors (Lipinski definition) is 2. The lowest BCUT2D eigenvalue weighted by Gasteiger charge is -2.21. The van der Waals surface area contributed by atoms with Crippen LogP contribution < -0.4 is 16.0 Å². The van der Waals surface area contributed by atoms with E-state index in [1.54, 1.807) is 6.20 Å². The van der Waals surface area contributed by atoms with Crippen LogP contribution in [0.15, 0.2) is 53.4 Å². The van der Waals surface area contributed by atoms with Gasteiger partial charge in [0.25, 0.3) is 0 Å². The molecule has 0 atom stereocenters. The molecule has 0 saturated heterocycles. The van der Waals surface area contributed by atoms with Crippen molar-refractivity contribution in [1.29, 1.82) is 0 Å². The second kappa shape index (κ2) is 6.09. The van der Waals surface area contributed by atoms with E-state index < -0.39 is 0 Å². The number of anilines is 5. The molecule has 0 aliphatic carbocycles. The third-order valence-electron chi connectivity index (χ3n) is 3.98. The number of hydrogen-bond acceptors (Lipinski definition) is 6. The molecule has 1 aliphatic rings. The largest absolute Gasteiger partial charge is 0.393 e. The van der Waals surface area contributed by atoms with Crippen LogP contribution in [0.25, 0.3) is 0 Å². The first kappa shape index (κ1) is 14.9. The number of halogens is 1. The lowest BCUT2D eigenvalue weighted by Crippen LogP contribution is -2.17. The van der Waals surface area contributed by atoms with Gasteiger partial charge in [-0.15, -0.1) is 0 Å². The number of para-hydroxylation sites is 1. The highest BCUT2D eigenvalue weighted by molar-refractivity contribution is 9.10. The molecular formula is C17H15BrN6. The van der Waals surface area contributed by atoms with E-state index in [4.69, 9.17) is 5.73 Å². The fourth-order valence-electron chi connectivity index (χ4n) is 2.83. The maximum Gasteiger partial charge on any atom is 0.161 e. The van der Waals surface area contributed by atoms with E-state index in [0.29, 0.717) is 17.3 Å². The second-order valence-electron chi connectivity index (χ2n) is 5.48. The van der Waals surface area contributed by atoms with Gasteiger partial charge in [0.1, 0.15) is 17.8 Å². The molecule has 0 saturated carbocycles. The van der Waals surface area contributed by atoms with Crippen molar-refractivity contribution in [2.75, 3.05) is 22.5 Å². The zero-order valence-corrected chi connectivity index (χ0v) is 14.4. The van der Waals surface area contributed by atoms with Gasteiger partial charge in [0.05, 0.1) is 0 Å². The smallest absolute Gasteiger partial charge is 0.161 e. The van der Waals surface area contributed by atoms with Crippen molar-refractivity contribution in [3.63, 3.8) is 0 Å². The normalized spacial score (nSPS) is 13.0. The highest BCUT2D eigenvalue weighted by atomic mass is 79.9. The molecular weight excluding hydrogens is 368 g/mol. The van der Waals surface area contributed by atoms with Crippen LogP contribution in [-0.4, -0.2) is 21.5 Å². The summed E-state index contributed by atoms with van der Waals surface area (Å²) in [7, 11) is 0. The maximum atomic E-state index is 6.33.